The minimum absolute atomic E-state index is 0.197. The summed E-state index contributed by atoms with van der Waals surface area (Å²) in [5.74, 6) is 0.168. The molecular weight excluding hydrogens is 254 g/mol. The second kappa shape index (κ2) is 6.86. The number of carbonyl (C=O) groups excluding carboxylic acids is 1. The van der Waals surface area contributed by atoms with Gasteiger partial charge in [0.25, 0.3) is 0 Å². The molecule has 1 aromatic rings. The van der Waals surface area contributed by atoms with Gasteiger partial charge in [0.05, 0.1) is 12.3 Å². The Kier molecular flexibility index (Phi) is 5.72. The molecule has 0 atom stereocenters. The van der Waals surface area contributed by atoms with Crippen LogP contribution in [0.25, 0.3) is 0 Å². The van der Waals surface area contributed by atoms with Gasteiger partial charge < -0.3 is 4.74 Å². The van der Waals surface area contributed by atoms with Gasteiger partial charge in [0.1, 0.15) is 0 Å². The number of hydrogen-bond acceptors (Lipinski definition) is 4. The van der Waals surface area contributed by atoms with Crippen LogP contribution in [0.1, 0.15) is 70.6 Å². The molecule has 5 heteroatoms. The summed E-state index contributed by atoms with van der Waals surface area (Å²) in [6.07, 6.45) is 2.18. The Bertz CT molecular complexity index is 442. The lowest BCUT2D eigenvalue weighted by Gasteiger charge is -2.22. The van der Waals surface area contributed by atoms with Crippen molar-refractivity contribution in [2.75, 3.05) is 6.61 Å². The summed E-state index contributed by atoms with van der Waals surface area (Å²) in [6, 6.07) is 0. The highest BCUT2D eigenvalue weighted by Crippen LogP contribution is 2.26. The average molecular weight is 281 g/mol. The number of hydrogen-bond donors (Lipinski definition) is 0. The minimum atomic E-state index is -0.381. The third kappa shape index (κ3) is 3.81. The van der Waals surface area contributed by atoms with Crippen molar-refractivity contribution in [1.29, 1.82) is 0 Å². The molecule has 0 aliphatic heterocycles. The van der Waals surface area contributed by atoms with Crippen LogP contribution in [0.3, 0.4) is 0 Å². The molecule has 0 bridgehead atoms. The molecule has 0 aliphatic carbocycles. The highest BCUT2D eigenvalue weighted by Gasteiger charge is 2.30. The fourth-order valence-electron chi connectivity index (χ4n) is 2.31. The van der Waals surface area contributed by atoms with E-state index >= 15 is 0 Å². The Morgan fingerprint density at radius 1 is 1.25 bits per heavy atom. The van der Waals surface area contributed by atoms with E-state index in [1.54, 1.807) is 6.92 Å². The molecule has 0 saturated carbocycles. The van der Waals surface area contributed by atoms with Gasteiger partial charge in [-0.3, -0.25) is 0 Å². The monoisotopic (exact) mass is 281 g/mol. The zero-order valence-corrected chi connectivity index (χ0v) is 13.6. The fourth-order valence-corrected chi connectivity index (χ4v) is 2.31. The Morgan fingerprint density at radius 2 is 1.85 bits per heavy atom. The smallest absolute Gasteiger partial charge is 0.360 e. The van der Waals surface area contributed by atoms with Crippen LogP contribution in [0.5, 0.6) is 0 Å². The van der Waals surface area contributed by atoms with Crippen molar-refractivity contribution in [3.63, 3.8) is 0 Å². The van der Waals surface area contributed by atoms with Gasteiger partial charge >= 0.3 is 5.97 Å². The van der Waals surface area contributed by atoms with Crippen LogP contribution < -0.4 is 0 Å². The van der Waals surface area contributed by atoms with Crippen molar-refractivity contribution in [3.8, 4) is 0 Å². The molecule has 0 spiro atoms. The SMILES string of the molecule is CCOC(=O)c1nnn(CC(CC)CC)c1C(C)(C)C. The van der Waals surface area contributed by atoms with E-state index in [2.05, 4.69) is 44.9 Å². The zero-order chi connectivity index (χ0) is 15.3. The second-order valence-corrected chi connectivity index (χ2v) is 6.12. The van der Waals surface area contributed by atoms with Gasteiger partial charge in [0.2, 0.25) is 0 Å². The lowest BCUT2D eigenvalue weighted by atomic mass is 9.90. The highest BCUT2D eigenvalue weighted by molar-refractivity contribution is 5.88. The molecule has 5 nitrogen and oxygen atoms in total. The quantitative estimate of drug-likeness (QED) is 0.751. The standard InChI is InChI=1S/C15H27N3O2/c1-7-11(8-2)10-18-13(15(4,5)6)12(16-17-18)14(19)20-9-3/h11H,7-10H2,1-6H3. The average Bonchev–Trinajstić information content (AvgIpc) is 2.79. The number of carbonyl (C=O) groups is 1. The number of ether oxygens (including phenoxy) is 1. The highest BCUT2D eigenvalue weighted by atomic mass is 16.5. The van der Waals surface area contributed by atoms with E-state index in [0.29, 0.717) is 18.2 Å². The van der Waals surface area contributed by atoms with Crippen LogP contribution in [0.15, 0.2) is 0 Å². The van der Waals surface area contributed by atoms with Crippen molar-refractivity contribution in [1.82, 2.24) is 15.0 Å². The summed E-state index contributed by atoms with van der Waals surface area (Å²) < 4.78 is 6.96. The topological polar surface area (TPSA) is 57.0 Å². The lowest BCUT2D eigenvalue weighted by Crippen LogP contribution is -2.24. The molecule has 0 aliphatic rings. The minimum Gasteiger partial charge on any atom is -0.461 e. The molecule has 1 rings (SSSR count). The molecular formula is C15H27N3O2. The van der Waals surface area contributed by atoms with E-state index in [-0.39, 0.29) is 11.4 Å². The zero-order valence-electron chi connectivity index (χ0n) is 13.6. The maximum Gasteiger partial charge on any atom is 0.360 e. The molecule has 0 radical (unpaired) electrons. The third-order valence-electron chi connectivity index (χ3n) is 3.50. The Hall–Kier alpha value is -1.39. The molecule has 0 N–H and O–H groups in total. The van der Waals surface area contributed by atoms with Gasteiger partial charge in [-0.25, -0.2) is 9.48 Å². The summed E-state index contributed by atoms with van der Waals surface area (Å²) in [7, 11) is 0. The van der Waals surface area contributed by atoms with Crippen molar-refractivity contribution in [2.45, 2.75) is 66.3 Å². The van der Waals surface area contributed by atoms with Gasteiger partial charge in [-0.2, -0.15) is 0 Å². The number of aromatic nitrogens is 3. The maximum absolute atomic E-state index is 12.0. The molecule has 0 unspecified atom stereocenters. The number of esters is 1. The number of rotatable bonds is 6. The van der Waals surface area contributed by atoms with Crippen LogP contribution >= 0.6 is 0 Å². The van der Waals surface area contributed by atoms with Crippen molar-refractivity contribution >= 4 is 5.97 Å². The van der Waals surface area contributed by atoms with Crippen LogP contribution in [-0.2, 0) is 16.7 Å². The molecule has 114 valence electrons. The van der Waals surface area contributed by atoms with Crippen LogP contribution in [-0.4, -0.2) is 27.6 Å². The van der Waals surface area contributed by atoms with E-state index in [9.17, 15) is 4.79 Å². The summed E-state index contributed by atoms with van der Waals surface area (Å²) >= 11 is 0. The Balaban J connectivity index is 3.16. The van der Waals surface area contributed by atoms with Crippen LogP contribution in [0.4, 0.5) is 0 Å². The first-order chi connectivity index (χ1) is 9.35. The third-order valence-corrected chi connectivity index (χ3v) is 3.50. The second-order valence-electron chi connectivity index (χ2n) is 6.12. The van der Waals surface area contributed by atoms with Crippen molar-refractivity contribution < 1.29 is 9.53 Å². The first-order valence-corrected chi connectivity index (χ1v) is 7.46. The molecule has 0 saturated heterocycles. The summed E-state index contributed by atoms with van der Waals surface area (Å²) in [6.45, 7) is 13.5. The molecule has 1 heterocycles. The van der Waals surface area contributed by atoms with Gasteiger partial charge in [0, 0.05) is 12.0 Å². The van der Waals surface area contributed by atoms with E-state index in [0.717, 1.165) is 25.1 Å². The van der Waals surface area contributed by atoms with Gasteiger partial charge in [-0.1, -0.05) is 52.7 Å². The molecule has 0 fully saturated rings. The van der Waals surface area contributed by atoms with Crippen molar-refractivity contribution in [3.05, 3.63) is 11.4 Å². The summed E-state index contributed by atoms with van der Waals surface area (Å²) in [5.41, 5.74) is 1.02. The van der Waals surface area contributed by atoms with Gasteiger partial charge in [0.15, 0.2) is 5.69 Å². The lowest BCUT2D eigenvalue weighted by molar-refractivity contribution is 0.0516. The number of nitrogens with zero attached hydrogens (tertiary/aromatic N) is 3. The first kappa shape index (κ1) is 16.7. The van der Waals surface area contributed by atoms with Crippen LogP contribution in [0.2, 0.25) is 0 Å². The Labute approximate surface area is 121 Å². The predicted octanol–water partition coefficient (Wildman–Crippen LogP) is 3.19. The van der Waals surface area contributed by atoms with Gasteiger partial charge in [-0.15, -0.1) is 5.10 Å². The van der Waals surface area contributed by atoms with E-state index in [1.807, 2.05) is 4.68 Å². The predicted molar refractivity (Wildman–Crippen MR) is 78.8 cm³/mol. The molecule has 20 heavy (non-hydrogen) atoms. The van der Waals surface area contributed by atoms with E-state index < -0.39 is 0 Å². The fraction of sp³-hybridized carbons (Fsp3) is 0.800. The molecule has 0 aromatic carbocycles. The first-order valence-electron chi connectivity index (χ1n) is 7.46. The van der Waals surface area contributed by atoms with Crippen LogP contribution in [0, 0.1) is 5.92 Å². The summed E-state index contributed by atoms with van der Waals surface area (Å²) in [4.78, 5) is 12.0. The maximum atomic E-state index is 12.0. The molecule has 1 aromatic heterocycles. The molecule has 0 amide bonds. The van der Waals surface area contributed by atoms with E-state index in [4.69, 9.17) is 4.74 Å². The van der Waals surface area contributed by atoms with Crippen molar-refractivity contribution in [2.24, 2.45) is 5.92 Å². The Morgan fingerprint density at radius 3 is 2.30 bits per heavy atom. The largest absolute Gasteiger partial charge is 0.461 e. The van der Waals surface area contributed by atoms with Gasteiger partial charge in [-0.05, 0) is 12.8 Å². The normalized spacial score (nSPS) is 11.9. The van der Waals surface area contributed by atoms with E-state index in [1.165, 1.54) is 0 Å². The summed E-state index contributed by atoms with van der Waals surface area (Å²) in [5, 5.41) is 8.25.